The Bertz CT molecular complexity index is 1790. The summed E-state index contributed by atoms with van der Waals surface area (Å²) in [5, 5.41) is 6.24. The Morgan fingerprint density at radius 2 is 1.77 bits per heavy atom. The predicted molar refractivity (Wildman–Crippen MR) is 196 cm³/mol. The van der Waals surface area contributed by atoms with Gasteiger partial charge in [0.05, 0.1) is 18.9 Å². The predicted octanol–water partition coefficient (Wildman–Crippen LogP) is 4.37. The third kappa shape index (κ3) is 8.96. The molecule has 3 N–H and O–H groups in total. The lowest BCUT2D eigenvalue weighted by atomic mass is 9.85. The Morgan fingerprint density at radius 1 is 1.08 bits per heavy atom. The molecule has 1 aliphatic heterocycles. The molecule has 4 amide bonds. The zero-order valence-electron chi connectivity index (χ0n) is 31.4. The van der Waals surface area contributed by atoms with Crippen LogP contribution in [-0.4, -0.2) is 90.3 Å². The number of sulfonamides is 1. The van der Waals surface area contributed by atoms with Crippen LogP contribution in [0, 0.1) is 5.41 Å². The van der Waals surface area contributed by atoms with Crippen molar-refractivity contribution in [2.24, 2.45) is 5.41 Å². The fraction of sp³-hybridized carbons (Fsp3) is 0.595. The fourth-order valence-electron chi connectivity index (χ4n) is 6.05. The molecule has 4 atom stereocenters. The van der Waals surface area contributed by atoms with E-state index in [9.17, 15) is 27.6 Å². The summed E-state index contributed by atoms with van der Waals surface area (Å²) in [6.07, 6.45) is 3.38. The van der Waals surface area contributed by atoms with Gasteiger partial charge in [0.15, 0.2) is 0 Å². The lowest BCUT2D eigenvalue weighted by molar-refractivity contribution is -0.143. The number of rotatable bonds is 14. The lowest BCUT2D eigenvalue weighted by Gasteiger charge is -2.37. The van der Waals surface area contributed by atoms with E-state index in [-0.39, 0.29) is 25.3 Å². The number of amides is 4. The molecular formula is C37H53N5O9S. The number of aromatic nitrogens is 1. The van der Waals surface area contributed by atoms with E-state index in [0.29, 0.717) is 30.4 Å². The molecule has 52 heavy (non-hydrogen) atoms. The van der Waals surface area contributed by atoms with Crippen LogP contribution in [0.3, 0.4) is 0 Å². The molecule has 2 heterocycles. The number of nitrogens with one attached hydrogen (secondary N) is 3. The Balaban J connectivity index is 1.67. The van der Waals surface area contributed by atoms with Crippen LogP contribution in [-0.2, 0) is 29.1 Å². The summed E-state index contributed by atoms with van der Waals surface area (Å²) >= 11 is 0. The molecule has 286 valence electrons. The molecule has 1 saturated carbocycles. The van der Waals surface area contributed by atoms with Crippen molar-refractivity contribution in [2.75, 3.05) is 13.7 Å². The van der Waals surface area contributed by atoms with Gasteiger partial charge in [0.25, 0.3) is 5.91 Å². The normalized spacial score (nSPS) is 19.8. The minimum atomic E-state index is -3.98. The van der Waals surface area contributed by atoms with E-state index in [1.165, 1.54) is 11.0 Å². The number of methoxy groups -OCH3 is 1. The molecule has 2 fully saturated rings. The van der Waals surface area contributed by atoms with E-state index >= 15 is 0 Å². The average molecular weight is 744 g/mol. The summed E-state index contributed by atoms with van der Waals surface area (Å²) in [6.45, 7) is 16.0. The fourth-order valence-corrected chi connectivity index (χ4v) is 7.61. The topological polar surface area (TPSA) is 182 Å². The van der Waals surface area contributed by atoms with Gasteiger partial charge >= 0.3 is 6.09 Å². The van der Waals surface area contributed by atoms with Gasteiger partial charge in [0.2, 0.25) is 27.7 Å². The van der Waals surface area contributed by atoms with E-state index < -0.39 is 73.8 Å². The Morgan fingerprint density at radius 3 is 2.33 bits per heavy atom. The molecule has 2 aromatic rings. The van der Waals surface area contributed by atoms with Crippen LogP contribution >= 0.6 is 0 Å². The van der Waals surface area contributed by atoms with Crippen molar-refractivity contribution in [1.82, 2.24) is 25.2 Å². The zero-order valence-corrected chi connectivity index (χ0v) is 32.2. The molecule has 1 saturated heterocycles. The monoisotopic (exact) mass is 743 g/mol. The Hall–Kier alpha value is -4.40. The SMILES string of the molecule is C=C[C@@](CC)(NC(=O)[C@@H]1C[C@@H](Oc2nccc3cc(OC)ccc23)CN1C(=O)[C@@H](NC(=O)OC(C)(C)CC)C(C)(C)C)C(=O)NS(=O)(=O)C1CCC1. The maximum Gasteiger partial charge on any atom is 0.408 e. The van der Waals surface area contributed by atoms with Crippen molar-refractivity contribution in [3.8, 4) is 11.6 Å². The molecule has 14 nitrogen and oxygen atoms in total. The zero-order chi connectivity index (χ0) is 38.6. The first-order valence-corrected chi connectivity index (χ1v) is 19.3. The second-order valence-electron chi connectivity index (χ2n) is 15.2. The first-order chi connectivity index (χ1) is 24.3. The van der Waals surface area contributed by atoms with Crippen LogP contribution in [0.4, 0.5) is 4.79 Å². The van der Waals surface area contributed by atoms with Crippen molar-refractivity contribution in [1.29, 1.82) is 0 Å². The highest BCUT2D eigenvalue weighted by Gasteiger charge is 2.49. The molecule has 0 radical (unpaired) electrons. The summed E-state index contributed by atoms with van der Waals surface area (Å²) in [4.78, 5) is 61.2. The number of fused-ring (bicyclic) bond motifs is 1. The second-order valence-corrected chi connectivity index (χ2v) is 17.1. The van der Waals surface area contributed by atoms with Gasteiger partial charge in [-0.05, 0) is 74.6 Å². The number of hydrogen-bond acceptors (Lipinski definition) is 10. The number of alkyl carbamates (subject to hydrolysis) is 1. The summed E-state index contributed by atoms with van der Waals surface area (Å²) in [7, 11) is -2.41. The first kappa shape index (κ1) is 40.4. The smallest absolute Gasteiger partial charge is 0.408 e. The van der Waals surface area contributed by atoms with Gasteiger partial charge in [-0.3, -0.25) is 19.1 Å². The molecule has 1 aromatic heterocycles. The molecule has 1 aliphatic carbocycles. The molecule has 15 heteroatoms. The van der Waals surface area contributed by atoms with Gasteiger partial charge in [0.1, 0.15) is 35.1 Å². The van der Waals surface area contributed by atoms with Crippen LogP contribution < -0.4 is 24.8 Å². The van der Waals surface area contributed by atoms with Gasteiger partial charge in [-0.2, -0.15) is 0 Å². The van der Waals surface area contributed by atoms with Crippen LogP contribution in [0.1, 0.15) is 87.0 Å². The van der Waals surface area contributed by atoms with Crippen molar-refractivity contribution < 1.29 is 41.8 Å². The number of carbonyl (C=O) groups is 4. The number of nitrogens with zero attached hydrogens (tertiary/aromatic N) is 2. The maximum absolute atomic E-state index is 14.5. The highest BCUT2D eigenvalue weighted by atomic mass is 32.2. The van der Waals surface area contributed by atoms with E-state index in [2.05, 4.69) is 26.9 Å². The lowest BCUT2D eigenvalue weighted by Crippen LogP contribution is -2.63. The molecule has 4 rings (SSSR count). The minimum Gasteiger partial charge on any atom is -0.497 e. The molecular weight excluding hydrogens is 691 g/mol. The van der Waals surface area contributed by atoms with E-state index in [1.807, 2.05) is 13.0 Å². The van der Waals surface area contributed by atoms with Crippen molar-refractivity contribution >= 4 is 44.6 Å². The molecule has 1 aromatic carbocycles. The van der Waals surface area contributed by atoms with Crippen LogP contribution in [0.25, 0.3) is 10.8 Å². The highest BCUT2D eigenvalue weighted by molar-refractivity contribution is 7.90. The quantitative estimate of drug-likeness (QED) is 0.235. The third-order valence-electron chi connectivity index (χ3n) is 10.0. The summed E-state index contributed by atoms with van der Waals surface area (Å²) < 4.78 is 45.2. The summed E-state index contributed by atoms with van der Waals surface area (Å²) in [5.41, 5.74) is -3.43. The summed E-state index contributed by atoms with van der Waals surface area (Å²) in [5.74, 6) is -1.32. The first-order valence-electron chi connectivity index (χ1n) is 17.7. The van der Waals surface area contributed by atoms with Crippen molar-refractivity contribution in [3.63, 3.8) is 0 Å². The molecule has 0 unspecified atom stereocenters. The van der Waals surface area contributed by atoms with E-state index in [4.69, 9.17) is 14.2 Å². The average Bonchev–Trinajstić information content (AvgIpc) is 3.47. The van der Waals surface area contributed by atoms with Gasteiger partial charge in [-0.15, -0.1) is 6.58 Å². The number of ether oxygens (including phenoxy) is 3. The maximum atomic E-state index is 14.5. The Kier molecular flexibility index (Phi) is 12.2. The standard InChI is InChI=1S/C37H53N5O9S/c1-10-36(7,8)51-34(46)39-29(35(4,5)6)32(44)42-22-25(50-31-27-17-16-24(49-9)20-23(27)18-19-38-31)21-28(42)30(43)40-37(11-2,12-3)33(45)41-52(47,48)26-14-13-15-26/h11,16-20,25-26,28-29H,2,10,12-15,21-22H2,1,3-9H3,(H,39,46)(H,40,43)(H,41,45)/t25-,28+,29-,37+/m1/s1. The molecule has 0 bridgehead atoms. The minimum absolute atomic E-state index is 0.00506. The van der Waals surface area contributed by atoms with Crippen LogP contribution in [0.15, 0.2) is 43.1 Å². The second kappa shape index (κ2) is 15.7. The van der Waals surface area contributed by atoms with E-state index in [0.717, 1.165) is 11.8 Å². The van der Waals surface area contributed by atoms with Gasteiger partial charge < -0.3 is 29.7 Å². The van der Waals surface area contributed by atoms with Crippen LogP contribution in [0.5, 0.6) is 11.6 Å². The summed E-state index contributed by atoms with van der Waals surface area (Å²) in [6, 6.07) is 4.89. The Labute approximate surface area is 306 Å². The number of benzene rings is 1. The van der Waals surface area contributed by atoms with E-state index in [1.54, 1.807) is 73.0 Å². The molecule has 0 spiro atoms. The van der Waals surface area contributed by atoms with Gasteiger partial charge in [0, 0.05) is 18.0 Å². The third-order valence-corrected chi connectivity index (χ3v) is 11.9. The largest absolute Gasteiger partial charge is 0.497 e. The van der Waals surface area contributed by atoms with Crippen molar-refractivity contribution in [2.45, 2.75) is 122 Å². The van der Waals surface area contributed by atoms with Gasteiger partial charge in [-0.1, -0.05) is 47.1 Å². The molecule has 2 aliphatic rings. The number of likely N-dealkylation sites (tertiary alicyclic amines) is 1. The van der Waals surface area contributed by atoms with Gasteiger partial charge in [-0.25, -0.2) is 18.2 Å². The number of pyridine rings is 1. The number of carbonyl (C=O) groups excluding carboxylic acids is 4. The van der Waals surface area contributed by atoms with Crippen LogP contribution in [0.2, 0.25) is 0 Å². The number of hydrogen-bond donors (Lipinski definition) is 3. The highest BCUT2D eigenvalue weighted by Crippen LogP contribution is 2.32. The van der Waals surface area contributed by atoms with Crippen molar-refractivity contribution in [3.05, 3.63) is 43.1 Å².